The lowest BCUT2D eigenvalue weighted by Crippen LogP contribution is -2.36. The molecular weight excluding hydrogens is 234 g/mol. The average molecular weight is 251 g/mol. The lowest BCUT2D eigenvalue weighted by atomic mass is 9.95. The highest BCUT2D eigenvalue weighted by Crippen LogP contribution is 2.33. The molecule has 1 amide bonds. The number of aromatic nitrogens is 2. The Morgan fingerprint density at radius 2 is 2.22 bits per heavy atom. The van der Waals surface area contributed by atoms with E-state index in [2.05, 4.69) is 10.2 Å². The van der Waals surface area contributed by atoms with Gasteiger partial charge in [-0.2, -0.15) is 5.10 Å². The number of hydrogen-bond acceptors (Lipinski definition) is 3. The number of aliphatic carboxylic acids is 1. The molecule has 1 aliphatic carbocycles. The Bertz CT molecular complexity index is 430. The number of carboxylic acids is 1. The molecule has 2 atom stereocenters. The van der Waals surface area contributed by atoms with Crippen LogP contribution in [-0.4, -0.2) is 39.1 Å². The van der Waals surface area contributed by atoms with Gasteiger partial charge in [-0.05, 0) is 12.8 Å². The average Bonchev–Trinajstić information content (AvgIpc) is 2.97. The van der Waals surface area contributed by atoms with E-state index in [-0.39, 0.29) is 11.8 Å². The van der Waals surface area contributed by atoms with Crippen LogP contribution in [0.5, 0.6) is 0 Å². The number of aromatic amines is 1. The summed E-state index contributed by atoms with van der Waals surface area (Å²) < 4.78 is 0. The monoisotopic (exact) mass is 251 g/mol. The molecule has 1 aromatic rings. The summed E-state index contributed by atoms with van der Waals surface area (Å²) >= 11 is 0. The highest BCUT2D eigenvalue weighted by atomic mass is 16.4. The zero-order chi connectivity index (χ0) is 13.1. The van der Waals surface area contributed by atoms with Crippen molar-refractivity contribution in [2.24, 2.45) is 11.8 Å². The van der Waals surface area contributed by atoms with Gasteiger partial charge in [-0.1, -0.05) is 6.42 Å². The van der Waals surface area contributed by atoms with E-state index >= 15 is 0 Å². The lowest BCUT2D eigenvalue weighted by molar-refractivity contribution is -0.148. The smallest absolute Gasteiger partial charge is 0.307 e. The number of carbonyl (C=O) groups excluding carboxylic acids is 1. The topological polar surface area (TPSA) is 86.3 Å². The van der Waals surface area contributed by atoms with Crippen LogP contribution in [0.1, 0.15) is 24.8 Å². The van der Waals surface area contributed by atoms with Gasteiger partial charge in [0.05, 0.1) is 18.0 Å². The Kier molecular flexibility index (Phi) is 3.64. The number of carboxylic acid groups (broad SMARTS) is 1. The van der Waals surface area contributed by atoms with Gasteiger partial charge in [0.2, 0.25) is 5.91 Å². The van der Waals surface area contributed by atoms with Crippen LogP contribution in [0, 0.1) is 11.8 Å². The van der Waals surface area contributed by atoms with Gasteiger partial charge in [-0.3, -0.25) is 14.7 Å². The third-order valence-electron chi connectivity index (χ3n) is 3.50. The molecule has 0 radical (unpaired) electrons. The van der Waals surface area contributed by atoms with Gasteiger partial charge in [-0.25, -0.2) is 0 Å². The molecular formula is C12H17N3O3. The molecule has 18 heavy (non-hydrogen) atoms. The first-order valence-corrected chi connectivity index (χ1v) is 6.05. The van der Waals surface area contributed by atoms with Gasteiger partial charge < -0.3 is 10.0 Å². The minimum atomic E-state index is -0.859. The van der Waals surface area contributed by atoms with Crippen LogP contribution in [0.4, 0.5) is 0 Å². The van der Waals surface area contributed by atoms with Crippen molar-refractivity contribution in [3.05, 3.63) is 18.0 Å². The van der Waals surface area contributed by atoms with Crippen molar-refractivity contribution < 1.29 is 14.7 Å². The number of nitrogens with one attached hydrogen (secondary N) is 1. The minimum Gasteiger partial charge on any atom is -0.481 e. The maximum absolute atomic E-state index is 12.2. The van der Waals surface area contributed by atoms with Crippen molar-refractivity contribution in [1.29, 1.82) is 0 Å². The fourth-order valence-corrected chi connectivity index (χ4v) is 2.55. The zero-order valence-corrected chi connectivity index (χ0v) is 10.3. The summed E-state index contributed by atoms with van der Waals surface area (Å²) in [5, 5.41) is 15.6. The van der Waals surface area contributed by atoms with Crippen molar-refractivity contribution in [2.75, 3.05) is 7.05 Å². The maximum atomic E-state index is 12.2. The molecule has 2 N–H and O–H groups in total. The van der Waals surface area contributed by atoms with E-state index in [1.54, 1.807) is 24.3 Å². The van der Waals surface area contributed by atoms with Crippen molar-refractivity contribution in [3.8, 4) is 0 Å². The Balaban J connectivity index is 1.99. The highest BCUT2D eigenvalue weighted by molar-refractivity contribution is 5.85. The second-order valence-corrected chi connectivity index (χ2v) is 4.78. The van der Waals surface area contributed by atoms with E-state index in [0.29, 0.717) is 19.4 Å². The molecule has 6 heteroatoms. The fourth-order valence-electron chi connectivity index (χ4n) is 2.55. The SMILES string of the molecule is CN(Cc1cn[nH]c1)C(=O)C1CCCC1C(=O)O. The summed E-state index contributed by atoms with van der Waals surface area (Å²) in [6.45, 7) is 0.457. The Hall–Kier alpha value is -1.85. The standard InChI is InChI=1S/C12H17N3O3/c1-15(7-8-5-13-14-6-8)11(16)9-3-2-4-10(9)12(17)18/h5-6,9-10H,2-4,7H2,1H3,(H,13,14)(H,17,18). The second-order valence-electron chi connectivity index (χ2n) is 4.78. The van der Waals surface area contributed by atoms with Crippen LogP contribution in [0.15, 0.2) is 12.4 Å². The molecule has 6 nitrogen and oxygen atoms in total. The Labute approximate surface area is 105 Å². The highest BCUT2D eigenvalue weighted by Gasteiger charge is 2.38. The summed E-state index contributed by atoms with van der Waals surface area (Å²) in [4.78, 5) is 24.9. The van der Waals surface area contributed by atoms with Crippen LogP contribution in [0.2, 0.25) is 0 Å². The molecule has 1 aromatic heterocycles. The molecule has 2 unspecified atom stereocenters. The van der Waals surface area contributed by atoms with Crippen molar-refractivity contribution >= 4 is 11.9 Å². The van der Waals surface area contributed by atoms with Gasteiger partial charge in [-0.15, -0.1) is 0 Å². The molecule has 1 heterocycles. The first-order valence-electron chi connectivity index (χ1n) is 6.05. The Morgan fingerprint density at radius 1 is 1.50 bits per heavy atom. The van der Waals surface area contributed by atoms with Crippen LogP contribution in [-0.2, 0) is 16.1 Å². The molecule has 1 aliphatic rings. The number of H-pyrrole nitrogens is 1. The number of rotatable bonds is 4. The van der Waals surface area contributed by atoms with E-state index in [4.69, 9.17) is 5.11 Å². The number of hydrogen-bond donors (Lipinski definition) is 2. The summed E-state index contributed by atoms with van der Waals surface area (Å²) in [5.41, 5.74) is 0.913. The summed E-state index contributed by atoms with van der Waals surface area (Å²) in [7, 11) is 1.70. The van der Waals surface area contributed by atoms with Crippen molar-refractivity contribution in [2.45, 2.75) is 25.8 Å². The van der Waals surface area contributed by atoms with Gasteiger partial charge in [0.25, 0.3) is 0 Å². The van der Waals surface area contributed by atoms with Crippen LogP contribution < -0.4 is 0 Å². The normalized spacial score (nSPS) is 22.9. The van der Waals surface area contributed by atoms with Gasteiger partial charge in [0, 0.05) is 25.4 Å². The second kappa shape index (κ2) is 5.20. The third kappa shape index (κ3) is 2.52. The predicted octanol–water partition coefficient (Wildman–Crippen LogP) is 0.869. The number of nitrogens with zero attached hydrogens (tertiary/aromatic N) is 2. The molecule has 0 saturated heterocycles. The molecule has 98 valence electrons. The van der Waals surface area contributed by atoms with Gasteiger partial charge >= 0.3 is 5.97 Å². The summed E-state index contributed by atoms with van der Waals surface area (Å²) in [6.07, 6.45) is 5.48. The summed E-state index contributed by atoms with van der Waals surface area (Å²) in [5.74, 6) is -1.84. The largest absolute Gasteiger partial charge is 0.481 e. The molecule has 0 spiro atoms. The van der Waals surface area contributed by atoms with E-state index in [0.717, 1.165) is 12.0 Å². The van der Waals surface area contributed by atoms with Gasteiger partial charge in [0.1, 0.15) is 0 Å². The zero-order valence-electron chi connectivity index (χ0n) is 10.3. The van der Waals surface area contributed by atoms with Crippen molar-refractivity contribution in [1.82, 2.24) is 15.1 Å². The van der Waals surface area contributed by atoms with Crippen molar-refractivity contribution in [3.63, 3.8) is 0 Å². The lowest BCUT2D eigenvalue weighted by Gasteiger charge is -2.22. The predicted molar refractivity (Wildman–Crippen MR) is 63.5 cm³/mol. The van der Waals surface area contributed by atoms with Crippen LogP contribution in [0.3, 0.4) is 0 Å². The Morgan fingerprint density at radius 3 is 2.83 bits per heavy atom. The number of carbonyl (C=O) groups is 2. The van der Waals surface area contributed by atoms with Crippen LogP contribution >= 0.6 is 0 Å². The van der Waals surface area contributed by atoms with E-state index in [1.165, 1.54) is 0 Å². The van der Waals surface area contributed by atoms with E-state index in [1.807, 2.05) is 0 Å². The third-order valence-corrected chi connectivity index (χ3v) is 3.50. The maximum Gasteiger partial charge on any atom is 0.307 e. The first-order chi connectivity index (χ1) is 8.59. The summed E-state index contributed by atoms with van der Waals surface area (Å²) in [6, 6.07) is 0. The molecule has 0 bridgehead atoms. The molecule has 0 aliphatic heterocycles. The first kappa shape index (κ1) is 12.6. The molecule has 1 fully saturated rings. The van der Waals surface area contributed by atoms with E-state index in [9.17, 15) is 9.59 Å². The molecule has 2 rings (SSSR count). The number of amides is 1. The van der Waals surface area contributed by atoms with Crippen LogP contribution in [0.25, 0.3) is 0 Å². The van der Waals surface area contributed by atoms with E-state index < -0.39 is 11.9 Å². The quantitative estimate of drug-likeness (QED) is 0.831. The minimum absolute atomic E-state index is 0.0823. The molecule has 1 saturated carbocycles. The fraction of sp³-hybridized carbons (Fsp3) is 0.583. The van der Waals surface area contributed by atoms with Gasteiger partial charge in [0.15, 0.2) is 0 Å². The molecule has 0 aromatic carbocycles.